The Bertz CT molecular complexity index is 1360. The number of aryl methyl sites for hydroxylation is 2. The summed E-state index contributed by atoms with van der Waals surface area (Å²) in [4.78, 5) is 31.9. The van der Waals surface area contributed by atoms with E-state index in [4.69, 9.17) is 9.72 Å². The minimum absolute atomic E-state index is 0.0475. The van der Waals surface area contributed by atoms with Gasteiger partial charge in [-0.2, -0.15) is 0 Å². The van der Waals surface area contributed by atoms with Gasteiger partial charge in [0.25, 0.3) is 5.56 Å². The van der Waals surface area contributed by atoms with Gasteiger partial charge in [0.15, 0.2) is 5.65 Å². The molecular formula is C25H34N8O2. The first-order valence-corrected chi connectivity index (χ1v) is 12.4. The standard InChI is InChI=1S/C25H34N8O2/c1-4-35-17-16-32-22(28-21-6-5-8-26-23(21)32)18-31-13-11-30(12-14-31)9-7-20-19(2)27-25-29(3)10-15-33(25)24(20)34/h5-6,8,10,15H,4,7,9,11-14,16-18H2,1-3H3. The third-order valence-electron chi connectivity index (χ3n) is 6.91. The minimum atomic E-state index is 0.0475. The zero-order valence-electron chi connectivity index (χ0n) is 20.9. The van der Waals surface area contributed by atoms with E-state index >= 15 is 0 Å². The van der Waals surface area contributed by atoms with Gasteiger partial charge in [0.05, 0.1) is 18.8 Å². The van der Waals surface area contributed by atoms with E-state index < -0.39 is 0 Å². The molecule has 0 aromatic carbocycles. The zero-order chi connectivity index (χ0) is 24.4. The lowest BCUT2D eigenvalue weighted by Crippen LogP contribution is -2.47. The number of aromatic nitrogens is 6. The number of pyridine rings is 1. The van der Waals surface area contributed by atoms with Crippen molar-refractivity contribution in [1.29, 1.82) is 0 Å². The van der Waals surface area contributed by atoms with Gasteiger partial charge in [-0.3, -0.25) is 14.1 Å². The van der Waals surface area contributed by atoms with E-state index in [0.29, 0.717) is 25.4 Å². The molecule has 0 N–H and O–H groups in total. The summed E-state index contributed by atoms with van der Waals surface area (Å²) in [5.41, 5.74) is 3.54. The Labute approximate surface area is 204 Å². The molecule has 0 aliphatic carbocycles. The van der Waals surface area contributed by atoms with Crippen LogP contribution >= 0.6 is 0 Å². The van der Waals surface area contributed by atoms with Crippen molar-refractivity contribution in [2.24, 2.45) is 7.05 Å². The fraction of sp³-hybridized carbons (Fsp3) is 0.520. The van der Waals surface area contributed by atoms with Crippen LogP contribution in [0, 0.1) is 6.92 Å². The lowest BCUT2D eigenvalue weighted by molar-refractivity contribution is 0.121. The van der Waals surface area contributed by atoms with Crippen LogP contribution in [0.2, 0.25) is 0 Å². The molecule has 1 aliphatic heterocycles. The Hall–Kier alpha value is -3.08. The van der Waals surface area contributed by atoms with Crippen LogP contribution in [0.4, 0.5) is 0 Å². The molecule has 4 aromatic heterocycles. The summed E-state index contributed by atoms with van der Waals surface area (Å²) in [6.07, 6.45) is 6.20. The van der Waals surface area contributed by atoms with Gasteiger partial charge < -0.3 is 18.8 Å². The van der Waals surface area contributed by atoms with Gasteiger partial charge in [-0.25, -0.2) is 15.0 Å². The van der Waals surface area contributed by atoms with Crippen LogP contribution in [0.15, 0.2) is 35.5 Å². The summed E-state index contributed by atoms with van der Waals surface area (Å²) < 4.78 is 11.3. The van der Waals surface area contributed by atoms with Crippen molar-refractivity contribution in [2.75, 3.05) is 45.9 Å². The second-order valence-electron chi connectivity index (χ2n) is 9.15. The van der Waals surface area contributed by atoms with E-state index in [-0.39, 0.29) is 5.56 Å². The van der Waals surface area contributed by atoms with Crippen molar-refractivity contribution in [2.45, 2.75) is 33.4 Å². The second-order valence-corrected chi connectivity index (χ2v) is 9.15. The van der Waals surface area contributed by atoms with E-state index in [2.05, 4.69) is 24.3 Å². The van der Waals surface area contributed by atoms with Crippen molar-refractivity contribution in [3.05, 3.63) is 58.2 Å². The maximum Gasteiger partial charge on any atom is 0.262 e. The molecule has 10 nitrogen and oxygen atoms in total. The summed E-state index contributed by atoms with van der Waals surface area (Å²) in [7, 11) is 1.91. The molecule has 1 aliphatic rings. The molecule has 1 fully saturated rings. The van der Waals surface area contributed by atoms with Gasteiger partial charge >= 0.3 is 0 Å². The molecule has 0 amide bonds. The average molecular weight is 479 g/mol. The number of imidazole rings is 2. The van der Waals surface area contributed by atoms with Gasteiger partial charge in [0, 0.05) is 77.1 Å². The van der Waals surface area contributed by atoms with E-state index in [1.54, 1.807) is 10.6 Å². The number of piperazine rings is 1. The fourth-order valence-electron chi connectivity index (χ4n) is 4.87. The van der Waals surface area contributed by atoms with Crippen molar-refractivity contribution in [1.82, 2.24) is 38.3 Å². The number of ether oxygens (including phenoxy) is 1. The highest BCUT2D eigenvalue weighted by atomic mass is 16.5. The van der Waals surface area contributed by atoms with Crippen LogP contribution in [-0.2, 0) is 31.3 Å². The summed E-state index contributed by atoms with van der Waals surface area (Å²) in [5.74, 6) is 1.73. The quantitative estimate of drug-likeness (QED) is 0.337. The van der Waals surface area contributed by atoms with Crippen LogP contribution in [0.3, 0.4) is 0 Å². The van der Waals surface area contributed by atoms with Crippen LogP contribution in [-0.4, -0.2) is 84.2 Å². The maximum absolute atomic E-state index is 13.0. The third-order valence-corrected chi connectivity index (χ3v) is 6.91. The molecule has 0 spiro atoms. The first-order chi connectivity index (χ1) is 17.0. The van der Waals surface area contributed by atoms with Gasteiger partial charge in [0.2, 0.25) is 5.78 Å². The van der Waals surface area contributed by atoms with Gasteiger partial charge in [0.1, 0.15) is 11.3 Å². The van der Waals surface area contributed by atoms with E-state index in [1.165, 1.54) is 0 Å². The maximum atomic E-state index is 13.0. The van der Waals surface area contributed by atoms with Crippen molar-refractivity contribution < 1.29 is 4.74 Å². The molecule has 4 aromatic rings. The molecule has 35 heavy (non-hydrogen) atoms. The highest BCUT2D eigenvalue weighted by molar-refractivity contribution is 5.71. The highest BCUT2D eigenvalue weighted by Crippen LogP contribution is 2.16. The number of fused-ring (bicyclic) bond motifs is 2. The Morgan fingerprint density at radius 2 is 1.86 bits per heavy atom. The smallest absolute Gasteiger partial charge is 0.262 e. The number of rotatable bonds is 9. The SMILES string of the molecule is CCOCCn1c(CN2CCN(CCc3c(C)nc4n(C)ccn4c3=O)CC2)nc2cccnc21. The van der Waals surface area contributed by atoms with E-state index in [0.717, 1.165) is 74.1 Å². The predicted molar refractivity (Wildman–Crippen MR) is 135 cm³/mol. The molecular weight excluding hydrogens is 444 g/mol. The van der Waals surface area contributed by atoms with Gasteiger partial charge in [-0.05, 0) is 32.4 Å². The molecule has 0 atom stereocenters. The molecule has 10 heteroatoms. The molecule has 0 unspecified atom stereocenters. The lowest BCUT2D eigenvalue weighted by atomic mass is 10.1. The fourth-order valence-corrected chi connectivity index (χ4v) is 4.87. The molecule has 0 radical (unpaired) electrons. The summed E-state index contributed by atoms with van der Waals surface area (Å²) in [6.45, 7) is 11.6. The molecule has 5 heterocycles. The number of hydrogen-bond acceptors (Lipinski definition) is 7. The monoisotopic (exact) mass is 478 g/mol. The second kappa shape index (κ2) is 10.3. The van der Waals surface area contributed by atoms with Crippen LogP contribution in [0.5, 0.6) is 0 Å². The van der Waals surface area contributed by atoms with Crippen LogP contribution < -0.4 is 5.56 Å². The Morgan fingerprint density at radius 3 is 2.66 bits per heavy atom. The average Bonchev–Trinajstić information content (AvgIpc) is 3.40. The highest BCUT2D eigenvalue weighted by Gasteiger charge is 2.21. The Kier molecular flexibility index (Phi) is 6.94. The summed E-state index contributed by atoms with van der Waals surface area (Å²) in [6, 6.07) is 3.95. The van der Waals surface area contributed by atoms with Crippen molar-refractivity contribution in [3.63, 3.8) is 0 Å². The van der Waals surface area contributed by atoms with Gasteiger partial charge in [-0.1, -0.05) is 0 Å². The molecule has 0 bridgehead atoms. The van der Waals surface area contributed by atoms with Crippen molar-refractivity contribution >= 4 is 16.9 Å². The first-order valence-electron chi connectivity index (χ1n) is 12.4. The largest absolute Gasteiger partial charge is 0.380 e. The summed E-state index contributed by atoms with van der Waals surface area (Å²) >= 11 is 0. The van der Waals surface area contributed by atoms with Crippen molar-refractivity contribution in [3.8, 4) is 0 Å². The Morgan fingerprint density at radius 1 is 1.06 bits per heavy atom. The molecule has 1 saturated heterocycles. The van der Waals surface area contributed by atoms with E-state index in [9.17, 15) is 4.79 Å². The lowest BCUT2D eigenvalue weighted by Gasteiger charge is -2.34. The van der Waals surface area contributed by atoms with Crippen LogP contribution in [0.1, 0.15) is 24.0 Å². The topological polar surface area (TPSA) is 85.7 Å². The third kappa shape index (κ3) is 4.86. The van der Waals surface area contributed by atoms with Crippen LogP contribution in [0.25, 0.3) is 16.9 Å². The minimum Gasteiger partial charge on any atom is -0.380 e. The zero-order valence-corrected chi connectivity index (χ0v) is 20.9. The molecule has 5 rings (SSSR count). The molecule has 186 valence electrons. The van der Waals surface area contributed by atoms with E-state index in [1.807, 2.05) is 50.0 Å². The first kappa shape index (κ1) is 23.7. The van der Waals surface area contributed by atoms with Gasteiger partial charge in [-0.15, -0.1) is 0 Å². The Balaban J connectivity index is 1.20. The number of hydrogen-bond donors (Lipinski definition) is 0. The summed E-state index contributed by atoms with van der Waals surface area (Å²) in [5, 5.41) is 0. The molecule has 0 saturated carbocycles. The predicted octanol–water partition coefficient (Wildman–Crippen LogP) is 1.48. The number of nitrogens with zero attached hydrogens (tertiary/aromatic N) is 8. The normalized spacial score (nSPS) is 15.5.